The lowest BCUT2D eigenvalue weighted by Crippen LogP contribution is -2.48. The molecule has 1 aromatic rings. The summed E-state index contributed by atoms with van der Waals surface area (Å²) in [5, 5.41) is 0. The minimum absolute atomic E-state index is 0.234. The third kappa shape index (κ3) is 5.77. The predicted molar refractivity (Wildman–Crippen MR) is 98.4 cm³/mol. The summed E-state index contributed by atoms with van der Waals surface area (Å²) in [7, 11) is 1.54. The van der Waals surface area contributed by atoms with Gasteiger partial charge in [0.25, 0.3) is 0 Å². The zero-order valence-corrected chi connectivity index (χ0v) is 15.6. The van der Waals surface area contributed by atoms with Crippen molar-refractivity contribution in [3.05, 3.63) is 29.8 Å². The van der Waals surface area contributed by atoms with Crippen molar-refractivity contribution < 1.29 is 23.8 Å². The van der Waals surface area contributed by atoms with Crippen molar-refractivity contribution in [2.75, 3.05) is 46.4 Å². The lowest BCUT2D eigenvalue weighted by atomic mass is 10.2. The molecule has 1 heterocycles. The van der Waals surface area contributed by atoms with E-state index in [9.17, 15) is 9.59 Å². The van der Waals surface area contributed by atoms with E-state index in [1.807, 2.05) is 25.1 Å². The molecule has 0 aliphatic carbocycles. The van der Waals surface area contributed by atoms with Crippen molar-refractivity contribution in [1.82, 2.24) is 9.80 Å². The first kappa shape index (κ1) is 19.8. The van der Waals surface area contributed by atoms with E-state index in [0.29, 0.717) is 31.2 Å². The number of methoxy groups -OCH3 is 1. The second-order valence-electron chi connectivity index (χ2n) is 5.89. The van der Waals surface area contributed by atoms with E-state index in [-0.39, 0.29) is 12.1 Å². The molecule has 0 spiro atoms. The lowest BCUT2D eigenvalue weighted by Gasteiger charge is -2.33. The van der Waals surface area contributed by atoms with Gasteiger partial charge in [-0.2, -0.15) is 0 Å². The van der Waals surface area contributed by atoms with Crippen LogP contribution in [0, 0.1) is 0 Å². The molecule has 0 aromatic heterocycles. The van der Waals surface area contributed by atoms with Crippen LogP contribution in [0.5, 0.6) is 11.5 Å². The summed E-state index contributed by atoms with van der Waals surface area (Å²) in [5.74, 6) is 0.547. The fraction of sp³-hybridized carbons (Fsp3) is 0.474. The van der Waals surface area contributed by atoms with Crippen LogP contribution in [0.4, 0.5) is 4.79 Å². The normalized spacial score (nSPS) is 15.1. The van der Waals surface area contributed by atoms with Gasteiger partial charge in [-0.15, -0.1) is 0 Å². The molecule has 2 rings (SSSR count). The van der Waals surface area contributed by atoms with Gasteiger partial charge in [-0.3, -0.25) is 9.69 Å². The summed E-state index contributed by atoms with van der Waals surface area (Å²) >= 11 is 0. The van der Waals surface area contributed by atoms with Gasteiger partial charge in [0.2, 0.25) is 0 Å². The highest BCUT2D eigenvalue weighted by atomic mass is 16.6. The molecule has 0 N–H and O–H groups in total. The zero-order valence-electron chi connectivity index (χ0n) is 15.6. The Hall–Kier alpha value is -2.54. The Balaban J connectivity index is 1.85. The molecule has 1 amide bonds. The molecule has 1 saturated heterocycles. The Morgan fingerprint density at radius 3 is 2.50 bits per heavy atom. The summed E-state index contributed by atoms with van der Waals surface area (Å²) in [6, 6.07) is 5.42. The highest BCUT2D eigenvalue weighted by Crippen LogP contribution is 2.28. The Morgan fingerprint density at radius 1 is 1.15 bits per heavy atom. The second kappa shape index (κ2) is 9.82. The molecule has 0 atom stereocenters. The molecule has 1 aromatic carbocycles. The van der Waals surface area contributed by atoms with Crippen molar-refractivity contribution in [3.8, 4) is 11.5 Å². The predicted octanol–water partition coefficient (Wildman–Crippen LogP) is 2.41. The maximum atomic E-state index is 11.7. The van der Waals surface area contributed by atoms with E-state index in [0.717, 1.165) is 25.2 Å². The van der Waals surface area contributed by atoms with Gasteiger partial charge in [0, 0.05) is 39.6 Å². The molecule has 7 nitrogen and oxygen atoms in total. The number of rotatable bonds is 6. The van der Waals surface area contributed by atoms with Gasteiger partial charge < -0.3 is 19.1 Å². The number of nitrogens with zero attached hydrogens (tertiary/aromatic N) is 2. The molecule has 7 heteroatoms. The van der Waals surface area contributed by atoms with E-state index < -0.39 is 0 Å². The van der Waals surface area contributed by atoms with E-state index in [1.54, 1.807) is 18.1 Å². The highest BCUT2D eigenvalue weighted by molar-refractivity contribution is 5.71. The summed E-state index contributed by atoms with van der Waals surface area (Å²) in [4.78, 5) is 26.8. The first-order valence-electron chi connectivity index (χ1n) is 8.70. The van der Waals surface area contributed by atoms with Crippen LogP contribution < -0.4 is 9.47 Å². The Morgan fingerprint density at radius 2 is 1.88 bits per heavy atom. The van der Waals surface area contributed by atoms with Crippen LogP contribution in [0.15, 0.2) is 24.3 Å². The van der Waals surface area contributed by atoms with Gasteiger partial charge in [0.15, 0.2) is 11.5 Å². The van der Waals surface area contributed by atoms with Crippen molar-refractivity contribution in [2.45, 2.75) is 13.8 Å². The first-order valence-corrected chi connectivity index (χ1v) is 8.70. The van der Waals surface area contributed by atoms with Crippen molar-refractivity contribution >= 4 is 18.1 Å². The third-order valence-corrected chi connectivity index (χ3v) is 4.01. The second-order valence-corrected chi connectivity index (χ2v) is 5.89. The van der Waals surface area contributed by atoms with Crippen molar-refractivity contribution in [2.24, 2.45) is 0 Å². The van der Waals surface area contributed by atoms with Gasteiger partial charge in [-0.05, 0) is 24.6 Å². The van der Waals surface area contributed by atoms with Gasteiger partial charge in [-0.25, -0.2) is 4.79 Å². The standard InChI is InChI=1S/C19H26N2O5/c1-4-25-19(23)21-12-10-20(11-13-21)9-5-6-16-7-8-17(26-15(2)22)18(14-16)24-3/h5-8,14H,4,9-13H2,1-3H3/b6-5-. The fourth-order valence-corrected chi connectivity index (χ4v) is 2.69. The molecule has 0 bridgehead atoms. The zero-order chi connectivity index (χ0) is 18.9. The summed E-state index contributed by atoms with van der Waals surface area (Å²) in [6.07, 6.45) is 3.83. The van der Waals surface area contributed by atoms with Gasteiger partial charge in [-0.1, -0.05) is 18.2 Å². The Kier molecular flexibility index (Phi) is 7.47. The molecule has 0 saturated carbocycles. The molecule has 142 valence electrons. The number of esters is 1. The number of carbonyl (C=O) groups excluding carboxylic acids is 2. The van der Waals surface area contributed by atoms with Crippen LogP contribution >= 0.6 is 0 Å². The van der Waals surface area contributed by atoms with E-state index in [4.69, 9.17) is 14.2 Å². The topological polar surface area (TPSA) is 68.3 Å². The molecule has 0 unspecified atom stereocenters. The Labute approximate surface area is 154 Å². The SMILES string of the molecule is CCOC(=O)N1CCN(C/C=C\c2ccc(OC(C)=O)c(OC)c2)CC1. The van der Waals surface area contributed by atoms with Crippen LogP contribution in [0.2, 0.25) is 0 Å². The smallest absolute Gasteiger partial charge is 0.409 e. The molecular weight excluding hydrogens is 336 g/mol. The summed E-state index contributed by atoms with van der Waals surface area (Å²) in [6.45, 7) is 7.36. The van der Waals surface area contributed by atoms with E-state index >= 15 is 0 Å². The minimum Gasteiger partial charge on any atom is -0.493 e. The third-order valence-electron chi connectivity index (χ3n) is 4.01. The number of piperazine rings is 1. The van der Waals surface area contributed by atoms with E-state index in [1.165, 1.54) is 6.92 Å². The number of carbonyl (C=O) groups is 2. The molecule has 1 aliphatic heterocycles. The monoisotopic (exact) mass is 362 g/mol. The van der Waals surface area contributed by atoms with Crippen LogP contribution in [0.25, 0.3) is 6.08 Å². The number of hydrogen-bond donors (Lipinski definition) is 0. The number of amides is 1. The molecule has 1 fully saturated rings. The maximum absolute atomic E-state index is 11.7. The number of benzene rings is 1. The van der Waals surface area contributed by atoms with Gasteiger partial charge in [0.05, 0.1) is 13.7 Å². The fourth-order valence-electron chi connectivity index (χ4n) is 2.69. The Bertz CT molecular complexity index is 651. The number of ether oxygens (including phenoxy) is 3. The van der Waals surface area contributed by atoms with Crippen LogP contribution in [-0.4, -0.2) is 68.3 Å². The lowest BCUT2D eigenvalue weighted by molar-refractivity contribution is -0.132. The molecular formula is C19H26N2O5. The van der Waals surface area contributed by atoms with Crippen LogP contribution in [0.3, 0.4) is 0 Å². The number of hydrogen-bond acceptors (Lipinski definition) is 6. The highest BCUT2D eigenvalue weighted by Gasteiger charge is 2.20. The van der Waals surface area contributed by atoms with Crippen molar-refractivity contribution in [3.63, 3.8) is 0 Å². The first-order chi connectivity index (χ1) is 12.5. The van der Waals surface area contributed by atoms with Crippen molar-refractivity contribution in [1.29, 1.82) is 0 Å². The molecule has 0 radical (unpaired) electrons. The van der Waals surface area contributed by atoms with Crippen LogP contribution in [0.1, 0.15) is 19.4 Å². The van der Waals surface area contributed by atoms with Crippen LogP contribution in [-0.2, 0) is 9.53 Å². The average molecular weight is 362 g/mol. The largest absolute Gasteiger partial charge is 0.493 e. The molecule has 1 aliphatic rings. The maximum Gasteiger partial charge on any atom is 0.409 e. The van der Waals surface area contributed by atoms with Gasteiger partial charge >= 0.3 is 12.1 Å². The minimum atomic E-state index is -0.381. The summed E-state index contributed by atoms with van der Waals surface area (Å²) in [5.41, 5.74) is 0.961. The summed E-state index contributed by atoms with van der Waals surface area (Å²) < 4.78 is 15.4. The molecule has 26 heavy (non-hydrogen) atoms. The quantitative estimate of drug-likeness (QED) is 0.572. The average Bonchev–Trinajstić information content (AvgIpc) is 2.63. The van der Waals surface area contributed by atoms with E-state index in [2.05, 4.69) is 11.0 Å². The van der Waals surface area contributed by atoms with Gasteiger partial charge in [0.1, 0.15) is 0 Å².